The van der Waals surface area contributed by atoms with E-state index < -0.39 is 5.67 Å². The van der Waals surface area contributed by atoms with Gasteiger partial charge in [-0.2, -0.15) is 0 Å². The second-order valence-electron chi connectivity index (χ2n) is 4.31. The van der Waals surface area contributed by atoms with E-state index in [0.717, 1.165) is 5.69 Å². The van der Waals surface area contributed by atoms with Crippen molar-refractivity contribution in [1.29, 1.82) is 0 Å². The van der Waals surface area contributed by atoms with Crippen molar-refractivity contribution in [2.75, 3.05) is 25.0 Å². The van der Waals surface area contributed by atoms with E-state index in [1.54, 1.807) is 0 Å². The van der Waals surface area contributed by atoms with E-state index in [0.29, 0.717) is 6.54 Å². The van der Waals surface area contributed by atoms with E-state index in [4.69, 9.17) is 5.73 Å². The number of halogens is 1. The zero-order valence-corrected chi connectivity index (χ0v) is 9.63. The third-order valence-corrected chi connectivity index (χ3v) is 2.47. The van der Waals surface area contributed by atoms with Gasteiger partial charge in [-0.25, -0.2) is 4.39 Å². The summed E-state index contributed by atoms with van der Waals surface area (Å²) in [6, 6.07) is 8.01. The van der Waals surface area contributed by atoms with E-state index in [-0.39, 0.29) is 6.54 Å². The van der Waals surface area contributed by atoms with Gasteiger partial charge in [-0.1, -0.05) is 17.7 Å². The summed E-state index contributed by atoms with van der Waals surface area (Å²) in [6.07, 6.45) is 0. The van der Waals surface area contributed by atoms with Crippen molar-refractivity contribution >= 4 is 5.69 Å². The van der Waals surface area contributed by atoms with Gasteiger partial charge in [0.25, 0.3) is 0 Å². The Morgan fingerprint density at radius 2 is 1.87 bits per heavy atom. The summed E-state index contributed by atoms with van der Waals surface area (Å²) in [4.78, 5) is 1.88. The summed E-state index contributed by atoms with van der Waals surface area (Å²) in [5, 5.41) is 0. The predicted octanol–water partition coefficient (Wildman–Crippen LogP) is 2.12. The number of nitrogens with two attached hydrogens (primary N) is 1. The molecule has 0 aliphatic carbocycles. The van der Waals surface area contributed by atoms with Crippen LogP contribution in [0.5, 0.6) is 0 Å². The van der Waals surface area contributed by atoms with Gasteiger partial charge < -0.3 is 10.6 Å². The van der Waals surface area contributed by atoms with Crippen LogP contribution in [0.2, 0.25) is 0 Å². The molecule has 3 heteroatoms. The summed E-state index contributed by atoms with van der Waals surface area (Å²) < 4.78 is 13.7. The molecule has 84 valence electrons. The quantitative estimate of drug-likeness (QED) is 0.824. The SMILES string of the molecule is Cc1ccc(N(C)CC(C)(F)CN)cc1. The minimum Gasteiger partial charge on any atom is -0.371 e. The zero-order valence-electron chi connectivity index (χ0n) is 9.63. The van der Waals surface area contributed by atoms with Crippen LogP contribution in [0, 0.1) is 6.92 Å². The summed E-state index contributed by atoms with van der Waals surface area (Å²) in [7, 11) is 1.87. The molecule has 15 heavy (non-hydrogen) atoms. The van der Waals surface area contributed by atoms with Gasteiger partial charge >= 0.3 is 0 Å². The number of benzene rings is 1. The van der Waals surface area contributed by atoms with Crippen LogP contribution in [0.4, 0.5) is 10.1 Å². The highest BCUT2D eigenvalue weighted by molar-refractivity contribution is 5.47. The minimum absolute atomic E-state index is 0.0448. The lowest BCUT2D eigenvalue weighted by Gasteiger charge is -2.27. The smallest absolute Gasteiger partial charge is 0.137 e. The monoisotopic (exact) mass is 210 g/mol. The molecule has 1 aromatic rings. The van der Waals surface area contributed by atoms with Crippen LogP contribution in [-0.4, -0.2) is 25.8 Å². The van der Waals surface area contributed by atoms with Crippen LogP contribution in [0.15, 0.2) is 24.3 Å². The lowest BCUT2D eigenvalue weighted by atomic mass is 10.1. The van der Waals surface area contributed by atoms with Crippen LogP contribution in [0.1, 0.15) is 12.5 Å². The predicted molar refractivity (Wildman–Crippen MR) is 63.0 cm³/mol. The Morgan fingerprint density at radius 3 is 2.33 bits per heavy atom. The molecule has 2 nitrogen and oxygen atoms in total. The van der Waals surface area contributed by atoms with Gasteiger partial charge in [0.05, 0.1) is 6.54 Å². The minimum atomic E-state index is -1.33. The lowest BCUT2D eigenvalue weighted by Crippen LogP contribution is -2.41. The Hall–Kier alpha value is -1.09. The number of aryl methyl sites for hydroxylation is 1. The molecule has 0 heterocycles. The highest BCUT2D eigenvalue weighted by Gasteiger charge is 2.23. The molecule has 0 aromatic heterocycles. The number of nitrogens with zero attached hydrogens (tertiary/aromatic N) is 1. The zero-order chi connectivity index (χ0) is 11.5. The first-order chi connectivity index (χ1) is 6.94. The maximum Gasteiger partial charge on any atom is 0.137 e. The number of hydrogen-bond donors (Lipinski definition) is 1. The number of anilines is 1. The lowest BCUT2D eigenvalue weighted by molar-refractivity contribution is 0.208. The number of alkyl halides is 1. The first-order valence-corrected chi connectivity index (χ1v) is 5.11. The Bertz CT molecular complexity index is 306. The summed E-state index contributed by atoms with van der Waals surface area (Å²) in [5.41, 5.74) is 6.24. The molecule has 0 fully saturated rings. The topological polar surface area (TPSA) is 29.3 Å². The maximum atomic E-state index is 13.7. The molecule has 0 amide bonds. The molecule has 0 aliphatic heterocycles. The van der Waals surface area contributed by atoms with Gasteiger partial charge in [-0.05, 0) is 26.0 Å². The van der Waals surface area contributed by atoms with Gasteiger partial charge in [0.15, 0.2) is 0 Å². The first kappa shape index (κ1) is 12.0. The molecule has 0 radical (unpaired) electrons. The Kier molecular flexibility index (Phi) is 3.69. The van der Waals surface area contributed by atoms with Crippen LogP contribution in [-0.2, 0) is 0 Å². The molecule has 0 spiro atoms. The number of rotatable bonds is 4. The van der Waals surface area contributed by atoms with Gasteiger partial charge in [0, 0.05) is 19.3 Å². The van der Waals surface area contributed by atoms with E-state index in [2.05, 4.69) is 0 Å². The third kappa shape index (κ3) is 3.51. The Balaban J connectivity index is 2.69. The normalized spacial score (nSPS) is 14.7. The number of hydrogen-bond acceptors (Lipinski definition) is 2. The van der Waals surface area contributed by atoms with E-state index in [1.807, 2.05) is 43.1 Å². The van der Waals surface area contributed by atoms with Crippen molar-refractivity contribution in [2.45, 2.75) is 19.5 Å². The highest BCUT2D eigenvalue weighted by Crippen LogP contribution is 2.17. The van der Waals surface area contributed by atoms with Gasteiger partial charge in [-0.15, -0.1) is 0 Å². The summed E-state index contributed by atoms with van der Waals surface area (Å²) in [6.45, 7) is 3.91. The molecule has 1 unspecified atom stereocenters. The molecular weight excluding hydrogens is 191 g/mol. The van der Waals surface area contributed by atoms with Crippen molar-refractivity contribution in [3.63, 3.8) is 0 Å². The average Bonchev–Trinajstić information content (AvgIpc) is 2.18. The molecule has 0 saturated heterocycles. The highest BCUT2D eigenvalue weighted by atomic mass is 19.1. The molecule has 1 atom stereocenters. The molecule has 1 rings (SSSR count). The van der Waals surface area contributed by atoms with Gasteiger partial charge in [-0.3, -0.25) is 0 Å². The van der Waals surface area contributed by atoms with E-state index >= 15 is 0 Å². The molecular formula is C12H19FN2. The fourth-order valence-corrected chi connectivity index (χ4v) is 1.45. The largest absolute Gasteiger partial charge is 0.371 e. The van der Waals surface area contributed by atoms with Crippen molar-refractivity contribution in [2.24, 2.45) is 5.73 Å². The summed E-state index contributed by atoms with van der Waals surface area (Å²) in [5.74, 6) is 0. The molecule has 1 aromatic carbocycles. The standard InChI is InChI=1S/C12H19FN2/c1-10-4-6-11(7-5-10)15(3)9-12(2,13)8-14/h4-7H,8-9,14H2,1-3H3. The molecule has 0 bridgehead atoms. The molecule has 0 saturated carbocycles. The maximum absolute atomic E-state index is 13.7. The molecule has 0 aliphatic rings. The fourth-order valence-electron chi connectivity index (χ4n) is 1.45. The summed E-state index contributed by atoms with van der Waals surface area (Å²) >= 11 is 0. The van der Waals surface area contributed by atoms with E-state index in [9.17, 15) is 4.39 Å². The van der Waals surface area contributed by atoms with Gasteiger partial charge in [0.2, 0.25) is 0 Å². The Morgan fingerprint density at radius 1 is 1.33 bits per heavy atom. The van der Waals surface area contributed by atoms with Gasteiger partial charge in [0.1, 0.15) is 5.67 Å². The second kappa shape index (κ2) is 4.62. The van der Waals surface area contributed by atoms with Crippen molar-refractivity contribution in [3.05, 3.63) is 29.8 Å². The average molecular weight is 210 g/mol. The van der Waals surface area contributed by atoms with Crippen molar-refractivity contribution in [1.82, 2.24) is 0 Å². The van der Waals surface area contributed by atoms with Crippen LogP contribution < -0.4 is 10.6 Å². The van der Waals surface area contributed by atoms with Crippen LogP contribution >= 0.6 is 0 Å². The van der Waals surface area contributed by atoms with Crippen molar-refractivity contribution < 1.29 is 4.39 Å². The van der Waals surface area contributed by atoms with Crippen molar-refractivity contribution in [3.8, 4) is 0 Å². The first-order valence-electron chi connectivity index (χ1n) is 5.11. The molecule has 2 N–H and O–H groups in total. The third-order valence-electron chi connectivity index (χ3n) is 2.47. The van der Waals surface area contributed by atoms with Crippen LogP contribution in [0.3, 0.4) is 0 Å². The van der Waals surface area contributed by atoms with E-state index in [1.165, 1.54) is 12.5 Å². The Labute approximate surface area is 90.9 Å². The van der Waals surface area contributed by atoms with Crippen LogP contribution in [0.25, 0.3) is 0 Å². The fraction of sp³-hybridized carbons (Fsp3) is 0.500. The second-order valence-corrected chi connectivity index (χ2v) is 4.31.